The Kier molecular flexibility index (Phi) is 3.57. The van der Waals surface area contributed by atoms with Crippen LogP contribution in [0.15, 0.2) is 18.2 Å². The molecule has 1 saturated heterocycles. The average Bonchev–Trinajstić information content (AvgIpc) is 3.14. The van der Waals surface area contributed by atoms with Crippen molar-refractivity contribution in [1.29, 1.82) is 0 Å². The second kappa shape index (κ2) is 5.58. The number of nitrogens with zero attached hydrogens (tertiary/aromatic N) is 4. The number of aromatic nitrogens is 2. The van der Waals surface area contributed by atoms with Crippen LogP contribution < -0.4 is 4.90 Å². The summed E-state index contributed by atoms with van der Waals surface area (Å²) in [7, 11) is 2.21. The Hall–Kier alpha value is -1.55. The highest BCUT2D eigenvalue weighted by atomic mass is 15.4. The van der Waals surface area contributed by atoms with Gasteiger partial charge in [-0.15, -0.1) is 0 Å². The van der Waals surface area contributed by atoms with Crippen LogP contribution in [0, 0.1) is 6.92 Å². The zero-order valence-corrected chi connectivity index (χ0v) is 13.8. The van der Waals surface area contributed by atoms with Gasteiger partial charge in [0.05, 0.1) is 11.0 Å². The molecule has 1 aromatic heterocycles. The van der Waals surface area contributed by atoms with Gasteiger partial charge in [0.2, 0.25) is 5.95 Å². The summed E-state index contributed by atoms with van der Waals surface area (Å²) in [4.78, 5) is 9.94. The molecule has 22 heavy (non-hydrogen) atoms. The molecule has 1 aromatic carbocycles. The molecule has 2 heterocycles. The number of anilines is 1. The third-order valence-electron chi connectivity index (χ3n) is 5.30. The first-order chi connectivity index (χ1) is 10.7. The van der Waals surface area contributed by atoms with Gasteiger partial charge in [-0.25, -0.2) is 4.98 Å². The van der Waals surface area contributed by atoms with Gasteiger partial charge < -0.3 is 14.4 Å². The van der Waals surface area contributed by atoms with Gasteiger partial charge in [0, 0.05) is 32.2 Å². The van der Waals surface area contributed by atoms with E-state index in [1.165, 1.54) is 48.2 Å². The third-order valence-corrected chi connectivity index (χ3v) is 5.30. The molecule has 1 aliphatic heterocycles. The fourth-order valence-electron chi connectivity index (χ4n) is 3.95. The average molecular weight is 298 g/mol. The molecular weight excluding hydrogens is 272 g/mol. The minimum absolute atomic E-state index is 0.641. The normalized spacial score (nSPS) is 21.1. The Morgan fingerprint density at radius 3 is 2.50 bits per heavy atom. The van der Waals surface area contributed by atoms with Gasteiger partial charge in [0.15, 0.2) is 0 Å². The van der Waals surface area contributed by atoms with Gasteiger partial charge in [-0.05, 0) is 44.5 Å². The molecule has 0 spiro atoms. The summed E-state index contributed by atoms with van der Waals surface area (Å²) in [5, 5.41) is 0. The van der Waals surface area contributed by atoms with E-state index in [4.69, 9.17) is 4.98 Å². The second-order valence-electron chi connectivity index (χ2n) is 7.00. The number of piperazine rings is 1. The van der Waals surface area contributed by atoms with E-state index in [-0.39, 0.29) is 0 Å². The predicted octanol–water partition coefficient (Wildman–Crippen LogP) is 3.21. The summed E-state index contributed by atoms with van der Waals surface area (Å²) in [6.07, 6.45) is 5.33. The van der Waals surface area contributed by atoms with Gasteiger partial charge in [0.1, 0.15) is 0 Å². The minimum atomic E-state index is 0.641. The summed E-state index contributed by atoms with van der Waals surface area (Å²) in [5.41, 5.74) is 3.79. The number of hydrogen-bond acceptors (Lipinski definition) is 3. The van der Waals surface area contributed by atoms with Crippen LogP contribution in [0.25, 0.3) is 11.0 Å². The van der Waals surface area contributed by atoms with Crippen molar-refractivity contribution in [2.24, 2.45) is 0 Å². The predicted molar refractivity (Wildman–Crippen MR) is 91.7 cm³/mol. The number of aryl methyl sites for hydroxylation is 1. The molecule has 2 aliphatic rings. The van der Waals surface area contributed by atoms with E-state index in [9.17, 15) is 0 Å². The van der Waals surface area contributed by atoms with Crippen LogP contribution in [-0.4, -0.2) is 47.7 Å². The summed E-state index contributed by atoms with van der Waals surface area (Å²) < 4.78 is 2.55. The van der Waals surface area contributed by atoms with Crippen molar-refractivity contribution in [3.8, 4) is 0 Å². The molecule has 0 N–H and O–H groups in total. The van der Waals surface area contributed by atoms with E-state index < -0.39 is 0 Å². The molecule has 1 saturated carbocycles. The van der Waals surface area contributed by atoms with E-state index in [2.05, 4.69) is 46.5 Å². The quantitative estimate of drug-likeness (QED) is 0.851. The van der Waals surface area contributed by atoms with Crippen molar-refractivity contribution in [1.82, 2.24) is 14.5 Å². The van der Waals surface area contributed by atoms with Crippen LogP contribution in [0.3, 0.4) is 0 Å². The van der Waals surface area contributed by atoms with Crippen molar-refractivity contribution in [2.75, 3.05) is 38.1 Å². The van der Waals surface area contributed by atoms with Crippen molar-refractivity contribution in [2.45, 2.75) is 38.6 Å². The van der Waals surface area contributed by atoms with Crippen LogP contribution in [0.1, 0.15) is 37.3 Å². The molecule has 4 heteroatoms. The highest BCUT2D eigenvalue weighted by molar-refractivity contribution is 5.80. The number of likely N-dealkylation sites (N-methyl/N-ethyl adjacent to an activating group) is 1. The smallest absolute Gasteiger partial charge is 0.206 e. The van der Waals surface area contributed by atoms with Gasteiger partial charge in [-0.1, -0.05) is 18.9 Å². The van der Waals surface area contributed by atoms with Gasteiger partial charge in [0.25, 0.3) is 0 Å². The van der Waals surface area contributed by atoms with Crippen LogP contribution in [-0.2, 0) is 0 Å². The molecule has 2 aromatic rings. The first-order valence-electron chi connectivity index (χ1n) is 8.64. The lowest BCUT2D eigenvalue weighted by atomic mass is 10.2. The molecule has 0 unspecified atom stereocenters. The van der Waals surface area contributed by atoms with Crippen LogP contribution in [0.4, 0.5) is 5.95 Å². The lowest BCUT2D eigenvalue weighted by Crippen LogP contribution is -2.45. The standard InChI is InChI=1S/C18H26N4/c1-14-7-8-17-16(13-14)19-18(21-11-9-20(2)10-12-21)22(17)15-5-3-4-6-15/h7-8,13,15H,3-6,9-12H2,1-2H3. The lowest BCUT2D eigenvalue weighted by Gasteiger charge is -2.34. The molecule has 0 bridgehead atoms. The van der Waals surface area contributed by atoms with E-state index in [1.54, 1.807) is 0 Å². The van der Waals surface area contributed by atoms with Crippen molar-refractivity contribution in [3.63, 3.8) is 0 Å². The monoisotopic (exact) mass is 298 g/mol. The maximum atomic E-state index is 5.04. The number of imidazole rings is 1. The number of hydrogen-bond donors (Lipinski definition) is 0. The third kappa shape index (κ3) is 2.39. The second-order valence-corrected chi connectivity index (χ2v) is 7.00. The number of rotatable bonds is 2. The van der Waals surface area contributed by atoms with Crippen molar-refractivity contribution >= 4 is 17.0 Å². The Morgan fingerprint density at radius 1 is 1.05 bits per heavy atom. The van der Waals surface area contributed by atoms with E-state index in [0.29, 0.717) is 6.04 Å². The molecule has 2 fully saturated rings. The topological polar surface area (TPSA) is 24.3 Å². The molecule has 4 rings (SSSR count). The Balaban J connectivity index is 1.79. The summed E-state index contributed by atoms with van der Waals surface area (Å²) in [6.45, 7) is 6.60. The molecule has 1 aliphatic carbocycles. The maximum absolute atomic E-state index is 5.04. The summed E-state index contributed by atoms with van der Waals surface area (Å²) in [6, 6.07) is 7.38. The lowest BCUT2D eigenvalue weighted by molar-refractivity contribution is 0.309. The SMILES string of the molecule is Cc1ccc2c(c1)nc(N1CCN(C)CC1)n2C1CCCC1. The van der Waals surface area contributed by atoms with Crippen LogP contribution in [0.5, 0.6) is 0 Å². The fraction of sp³-hybridized carbons (Fsp3) is 0.611. The number of fused-ring (bicyclic) bond motifs is 1. The van der Waals surface area contributed by atoms with Crippen LogP contribution in [0.2, 0.25) is 0 Å². The summed E-state index contributed by atoms with van der Waals surface area (Å²) >= 11 is 0. The van der Waals surface area contributed by atoms with E-state index >= 15 is 0 Å². The largest absolute Gasteiger partial charge is 0.340 e. The van der Waals surface area contributed by atoms with Gasteiger partial charge in [-0.3, -0.25) is 0 Å². The van der Waals surface area contributed by atoms with Crippen molar-refractivity contribution in [3.05, 3.63) is 23.8 Å². The molecule has 0 amide bonds. The van der Waals surface area contributed by atoms with Gasteiger partial charge in [-0.2, -0.15) is 0 Å². The molecule has 0 radical (unpaired) electrons. The highest BCUT2D eigenvalue weighted by Crippen LogP contribution is 2.36. The Morgan fingerprint density at radius 2 is 1.77 bits per heavy atom. The molecule has 4 nitrogen and oxygen atoms in total. The van der Waals surface area contributed by atoms with Crippen molar-refractivity contribution < 1.29 is 0 Å². The first kappa shape index (κ1) is 14.1. The van der Waals surface area contributed by atoms with E-state index in [0.717, 1.165) is 26.2 Å². The first-order valence-corrected chi connectivity index (χ1v) is 8.64. The maximum Gasteiger partial charge on any atom is 0.206 e. The molecule has 0 atom stereocenters. The van der Waals surface area contributed by atoms with E-state index in [1.807, 2.05) is 0 Å². The van der Waals surface area contributed by atoms with Crippen LogP contribution >= 0.6 is 0 Å². The molecular formula is C18H26N4. The summed E-state index contributed by atoms with van der Waals surface area (Å²) in [5.74, 6) is 1.21. The zero-order chi connectivity index (χ0) is 15.1. The minimum Gasteiger partial charge on any atom is -0.340 e. The molecule has 118 valence electrons. The highest BCUT2D eigenvalue weighted by Gasteiger charge is 2.26. The Labute approximate surface area is 132 Å². The van der Waals surface area contributed by atoms with Gasteiger partial charge >= 0.3 is 0 Å². The number of benzene rings is 1. The Bertz CT molecular complexity index is 661. The fourth-order valence-corrected chi connectivity index (χ4v) is 3.95. The zero-order valence-electron chi connectivity index (χ0n) is 13.8.